The maximum Gasteiger partial charge on any atom is 0.376 e. The molecule has 0 bridgehead atoms. The number of carbonyl (C=O) groups excluding carboxylic acids is 1. The van der Waals surface area contributed by atoms with Crippen molar-refractivity contribution in [2.24, 2.45) is 5.92 Å². The van der Waals surface area contributed by atoms with E-state index >= 15 is 0 Å². The Labute approximate surface area is 135 Å². The van der Waals surface area contributed by atoms with Crippen LogP contribution in [0.4, 0.5) is 26.3 Å². The van der Waals surface area contributed by atoms with E-state index in [9.17, 15) is 35.9 Å². The van der Waals surface area contributed by atoms with Gasteiger partial charge >= 0.3 is 29.7 Å². The minimum Gasteiger partial charge on any atom is -0.479 e. The van der Waals surface area contributed by atoms with Crippen LogP contribution in [0.5, 0.6) is 0 Å². The molecule has 3 atom stereocenters. The van der Waals surface area contributed by atoms with Gasteiger partial charge in [-0.25, -0.2) is 9.59 Å². The predicted molar refractivity (Wildman–Crippen MR) is 65.4 cm³/mol. The Kier molecular flexibility index (Phi) is 3.41. The molecular formula is C14H8F6O5. The zero-order chi connectivity index (χ0) is 18.8. The van der Waals surface area contributed by atoms with E-state index in [-0.39, 0.29) is 5.56 Å². The third-order valence-corrected chi connectivity index (χ3v) is 4.23. The second-order valence-corrected chi connectivity index (χ2v) is 5.55. The van der Waals surface area contributed by atoms with Crippen LogP contribution in [0.15, 0.2) is 30.3 Å². The van der Waals surface area contributed by atoms with Crippen LogP contribution in [0.2, 0.25) is 0 Å². The highest BCUT2D eigenvalue weighted by molar-refractivity contribution is 5.90. The lowest BCUT2D eigenvalue weighted by Crippen LogP contribution is -2.72. The fraction of sp³-hybridized carbons (Fsp3) is 0.429. The van der Waals surface area contributed by atoms with Crippen molar-refractivity contribution in [3.05, 3.63) is 35.9 Å². The number of hydrogen-bond donors (Lipinski definition) is 1. The maximum absolute atomic E-state index is 13.9. The van der Waals surface area contributed by atoms with Crippen molar-refractivity contribution in [1.82, 2.24) is 0 Å². The van der Waals surface area contributed by atoms with E-state index in [1.165, 1.54) is 30.3 Å². The van der Waals surface area contributed by atoms with Gasteiger partial charge in [-0.15, -0.1) is 0 Å². The highest BCUT2D eigenvalue weighted by atomic mass is 19.3. The van der Waals surface area contributed by atoms with Crippen molar-refractivity contribution in [3.63, 3.8) is 0 Å². The monoisotopic (exact) mass is 370 g/mol. The number of carboxylic acids is 1. The number of esters is 1. The van der Waals surface area contributed by atoms with Crippen LogP contribution in [0, 0.1) is 5.92 Å². The largest absolute Gasteiger partial charge is 0.479 e. The Bertz CT molecular complexity index is 736. The number of carboxylic acid groups (broad SMARTS) is 1. The standard InChI is InChI=1S/C14H8F6O5/c15-12(16)7-9(24-8(21)6-4-2-1-3-5-6)25-11(7,10(22)23)13(17,18)14(12,19)20/h1-5,7,9H,(H,22,23). The fourth-order valence-corrected chi connectivity index (χ4v) is 2.93. The van der Waals surface area contributed by atoms with Crippen LogP contribution in [0.3, 0.4) is 0 Å². The Morgan fingerprint density at radius 2 is 1.56 bits per heavy atom. The highest BCUT2D eigenvalue weighted by Crippen LogP contribution is 2.70. The first-order valence-electron chi connectivity index (χ1n) is 6.72. The molecule has 0 aromatic heterocycles. The minimum absolute atomic E-state index is 0.196. The number of rotatable bonds is 3. The molecule has 1 heterocycles. The van der Waals surface area contributed by atoms with Crippen molar-refractivity contribution in [2.45, 2.75) is 29.7 Å². The lowest BCUT2D eigenvalue weighted by Gasteiger charge is -2.47. The van der Waals surface area contributed by atoms with Crippen LogP contribution in [0.1, 0.15) is 10.4 Å². The molecule has 0 spiro atoms. The summed E-state index contributed by atoms with van der Waals surface area (Å²) in [6, 6.07) is 6.60. The van der Waals surface area contributed by atoms with E-state index < -0.39 is 47.5 Å². The average Bonchev–Trinajstić information content (AvgIpc) is 2.56. The van der Waals surface area contributed by atoms with Crippen LogP contribution in [0.25, 0.3) is 0 Å². The summed E-state index contributed by atoms with van der Waals surface area (Å²) < 4.78 is 90.8. The number of alkyl halides is 6. The molecule has 1 aromatic rings. The molecule has 0 radical (unpaired) electrons. The van der Waals surface area contributed by atoms with Gasteiger partial charge in [0.05, 0.1) is 5.56 Å². The fourth-order valence-electron chi connectivity index (χ4n) is 2.93. The summed E-state index contributed by atoms with van der Waals surface area (Å²) in [6.07, 6.45) is -2.57. The molecule has 3 unspecified atom stereocenters. The van der Waals surface area contributed by atoms with Gasteiger partial charge in [0.25, 0.3) is 5.60 Å². The van der Waals surface area contributed by atoms with E-state index in [4.69, 9.17) is 5.11 Å². The Morgan fingerprint density at radius 1 is 1.00 bits per heavy atom. The van der Waals surface area contributed by atoms with Crippen molar-refractivity contribution in [1.29, 1.82) is 0 Å². The first-order chi connectivity index (χ1) is 11.4. The van der Waals surface area contributed by atoms with E-state index in [2.05, 4.69) is 9.47 Å². The number of benzene rings is 1. The van der Waals surface area contributed by atoms with Crippen molar-refractivity contribution in [2.75, 3.05) is 0 Å². The van der Waals surface area contributed by atoms with Crippen molar-refractivity contribution in [3.8, 4) is 0 Å². The van der Waals surface area contributed by atoms with Gasteiger partial charge in [-0.05, 0) is 12.1 Å². The third kappa shape index (κ3) is 1.84. The summed E-state index contributed by atoms with van der Waals surface area (Å²) in [5, 5.41) is 8.85. The zero-order valence-electron chi connectivity index (χ0n) is 11.9. The predicted octanol–water partition coefficient (Wildman–Crippen LogP) is 2.56. The summed E-state index contributed by atoms with van der Waals surface area (Å²) in [4.78, 5) is 22.8. The summed E-state index contributed by atoms with van der Waals surface area (Å²) in [6.45, 7) is 0. The molecule has 11 heteroatoms. The molecule has 1 saturated heterocycles. The Morgan fingerprint density at radius 3 is 2.08 bits per heavy atom. The first-order valence-corrected chi connectivity index (χ1v) is 6.72. The molecular weight excluding hydrogens is 362 g/mol. The first kappa shape index (κ1) is 17.5. The number of aliphatic carboxylic acids is 1. The Hall–Kier alpha value is -2.30. The minimum atomic E-state index is -6.00. The van der Waals surface area contributed by atoms with Gasteiger partial charge in [-0.1, -0.05) is 18.2 Å². The molecule has 2 aliphatic rings. The van der Waals surface area contributed by atoms with E-state index in [0.29, 0.717) is 0 Å². The average molecular weight is 370 g/mol. The third-order valence-electron chi connectivity index (χ3n) is 4.23. The van der Waals surface area contributed by atoms with Crippen molar-refractivity contribution < 1.29 is 50.5 Å². The second-order valence-electron chi connectivity index (χ2n) is 5.55. The van der Waals surface area contributed by atoms with Crippen LogP contribution in [-0.4, -0.2) is 46.7 Å². The normalized spacial score (nSPS) is 33.8. The van der Waals surface area contributed by atoms with Crippen molar-refractivity contribution >= 4 is 11.9 Å². The lowest BCUT2D eigenvalue weighted by atomic mass is 9.81. The second kappa shape index (κ2) is 4.87. The molecule has 2 fully saturated rings. The smallest absolute Gasteiger partial charge is 0.376 e. The molecule has 5 nitrogen and oxygen atoms in total. The van der Waals surface area contributed by atoms with Crippen LogP contribution in [-0.2, 0) is 14.3 Å². The molecule has 3 rings (SSSR count). The number of hydrogen-bond acceptors (Lipinski definition) is 4. The van der Waals surface area contributed by atoms with Gasteiger partial charge in [0, 0.05) is 0 Å². The topological polar surface area (TPSA) is 72.8 Å². The van der Waals surface area contributed by atoms with Crippen LogP contribution < -0.4 is 0 Å². The molecule has 1 aliphatic carbocycles. The quantitative estimate of drug-likeness (QED) is 0.654. The number of fused-ring (bicyclic) bond motifs is 1. The van der Waals surface area contributed by atoms with Gasteiger partial charge in [0.15, 0.2) is 0 Å². The maximum atomic E-state index is 13.9. The number of carbonyl (C=O) groups is 2. The summed E-state index contributed by atoms with van der Waals surface area (Å²) >= 11 is 0. The summed E-state index contributed by atoms with van der Waals surface area (Å²) in [5.41, 5.74) is -4.39. The molecule has 1 saturated carbocycles. The van der Waals surface area contributed by atoms with Gasteiger partial charge < -0.3 is 14.6 Å². The molecule has 1 N–H and O–H groups in total. The molecule has 1 aromatic carbocycles. The SMILES string of the molecule is O=C(OC1OC2(C(=O)O)C1C(F)(F)C(F)(F)C2(F)F)c1ccccc1. The molecule has 1 aliphatic heterocycles. The van der Waals surface area contributed by atoms with Gasteiger partial charge in [0.2, 0.25) is 6.29 Å². The molecule has 136 valence electrons. The molecule has 25 heavy (non-hydrogen) atoms. The lowest BCUT2D eigenvalue weighted by molar-refractivity contribution is -0.377. The van der Waals surface area contributed by atoms with Crippen LogP contribution >= 0.6 is 0 Å². The number of halogens is 6. The summed E-state index contributed by atoms with van der Waals surface area (Å²) in [7, 11) is 0. The molecule has 0 amide bonds. The number of ether oxygens (including phenoxy) is 2. The van der Waals surface area contributed by atoms with E-state index in [1.807, 2.05) is 0 Å². The van der Waals surface area contributed by atoms with Gasteiger partial charge in [0.1, 0.15) is 5.92 Å². The summed E-state index contributed by atoms with van der Waals surface area (Å²) in [5.74, 6) is -24.5. The van der Waals surface area contributed by atoms with Gasteiger partial charge in [-0.3, -0.25) is 0 Å². The Balaban J connectivity index is 1.96. The zero-order valence-corrected chi connectivity index (χ0v) is 11.9. The van der Waals surface area contributed by atoms with Gasteiger partial charge in [-0.2, -0.15) is 26.3 Å². The van der Waals surface area contributed by atoms with E-state index in [1.54, 1.807) is 0 Å². The highest BCUT2D eigenvalue weighted by Gasteiger charge is 3.00. The van der Waals surface area contributed by atoms with E-state index in [0.717, 1.165) is 0 Å².